The zero-order valence-corrected chi connectivity index (χ0v) is 12.1. The van der Waals surface area contributed by atoms with Gasteiger partial charge in [-0.05, 0) is 52.4 Å². The van der Waals surface area contributed by atoms with Gasteiger partial charge in [0.15, 0.2) is 0 Å². The van der Waals surface area contributed by atoms with E-state index in [4.69, 9.17) is 4.74 Å². The summed E-state index contributed by atoms with van der Waals surface area (Å²) in [6.45, 7) is 10.2. The zero-order valence-electron chi connectivity index (χ0n) is 12.1. The van der Waals surface area contributed by atoms with Gasteiger partial charge in [0, 0.05) is 0 Å². The Bertz CT molecular complexity index is 264. The van der Waals surface area contributed by atoms with Crippen molar-refractivity contribution in [3.05, 3.63) is 0 Å². The molecule has 2 heteroatoms. The van der Waals surface area contributed by atoms with E-state index in [2.05, 4.69) is 13.8 Å². The number of hydrogen-bond donors (Lipinski definition) is 0. The SMILES string of the molecule is CCC(C)(C)C(=O)OC(C)(CC)C1CCCC1. The fraction of sp³-hybridized carbons (Fsp3) is 0.933. The van der Waals surface area contributed by atoms with Gasteiger partial charge in [0.05, 0.1) is 5.41 Å². The molecule has 1 rings (SSSR count). The molecule has 0 aromatic carbocycles. The van der Waals surface area contributed by atoms with E-state index in [0.717, 1.165) is 12.8 Å². The first-order chi connectivity index (χ1) is 7.85. The number of ether oxygens (including phenoxy) is 1. The van der Waals surface area contributed by atoms with Gasteiger partial charge in [-0.3, -0.25) is 4.79 Å². The van der Waals surface area contributed by atoms with Gasteiger partial charge in [-0.1, -0.05) is 26.7 Å². The summed E-state index contributed by atoms with van der Waals surface area (Å²) < 4.78 is 5.89. The zero-order chi connectivity index (χ0) is 13.1. The highest BCUT2D eigenvalue weighted by Gasteiger charge is 2.40. The van der Waals surface area contributed by atoms with E-state index in [-0.39, 0.29) is 17.0 Å². The first-order valence-electron chi connectivity index (χ1n) is 7.09. The van der Waals surface area contributed by atoms with Crippen molar-refractivity contribution in [1.82, 2.24) is 0 Å². The van der Waals surface area contributed by atoms with Crippen molar-refractivity contribution in [2.24, 2.45) is 11.3 Å². The molecule has 0 heterocycles. The first kappa shape index (κ1) is 14.5. The minimum absolute atomic E-state index is 0.0312. The lowest BCUT2D eigenvalue weighted by molar-refractivity contribution is -0.175. The summed E-state index contributed by atoms with van der Waals surface area (Å²) in [6, 6.07) is 0. The number of carbonyl (C=O) groups is 1. The van der Waals surface area contributed by atoms with Gasteiger partial charge in [-0.15, -0.1) is 0 Å². The second-order valence-electron chi connectivity index (χ2n) is 6.27. The van der Waals surface area contributed by atoms with Gasteiger partial charge in [-0.2, -0.15) is 0 Å². The Morgan fingerprint density at radius 3 is 2.06 bits per heavy atom. The topological polar surface area (TPSA) is 26.3 Å². The number of esters is 1. The van der Waals surface area contributed by atoms with E-state index in [0.29, 0.717) is 5.92 Å². The molecule has 1 saturated carbocycles. The molecule has 0 bridgehead atoms. The van der Waals surface area contributed by atoms with Crippen LogP contribution in [-0.4, -0.2) is 11.6 Å². The van der Waals surface area contributed by atoms with Crippen LogP contribution in [0.4, 0.5) is 0 Å². The van der Waals surface area contributed by atoms with Crippen LogP contribution in [0.15, 0.2) is 0 Å². The third-order valence-corrected chi connectivity index (χ3v) is 4.68. The third kappa shape index (κ3) is 3.23. The predicted octanol–water partition coefficient (Wildman–Crippen LogP) is 4.32. The maximum atomic E-state index is 12.2. The van der Waals surface area contributed by atoms with E-state index in [9.17, 15) is 4.79 Å². The molecular weight excluding hydrogens is 212 g/mol. The van der Waals surface area contributed by atoms with Crippen molar-refractivity contribution in [2.75, 3.05) is 0 Å². The third-order valence-electron chi connectivity index (χ3n) is 4.68. The standard InChI is InChI=1S/C15H28O2/c1-6-14(3,4)13(16)17-15(5,7-2)12-10-8-9-11-12/h12H,6-11H2,1-5H3. The largest absolute Gasteiger partial charge is 0.459 e. The van der Waals surface area contributed by atoms with Crippen molar-refractivity contribution < 1.29 is 9.53 Å². The van der Waals surface area contributed by atoms with Crippen molar-refractivity contribution in [3.8, 4) is 0 Å². The Balaban J connectivity index is 2.71. The second-order valence-corrected chi connectivity index (χ2v) is 6.27. The molecule has 100 valence electrons. The minimum atomic E-state index is -0.352. The molecule has 0 aliphatic heterocycles. The number of rotatable bonds is 5. The Kier molecular flexibility index (Phi) is 4.62. The van der Waals surface area contributed by atoms with Gasteiger partial charge in [-0.25, -0.2) is 0 Å². The summed E-state index contributed by atoms with van der Waals surface area (Å²) in [4.78, 5) is 12.2. The minimum Gasteiger partial charge on any atom is -0.459 e. The van der Waals surface area contributed by atoms with Crippen LogP contribution in [0, 0.1) is 11.3 Å². The molecule has 1 atom stereocenters. The van der Waals surface area contributed by atoms with E-state index in [1.807, 2.05) is 20.8 Å². The fourth-order valence-corrected chi connectivity index (χ4v) is 2.47. The lowest BCUT2D eigenvalue weighted by atomic mass is 9.84. The lowest BCUT2D eigenvalue weighted by Crippen LogP contribution is -2.41. The monoisotopic (exact) mass is 240 g/mol. The van der Waals surface area contributed by atoms with Gasteiger partial charge in [0.2, 0.25) is 0 Å². The average molecular weight is 240 g/mol. The fourth-order valence-electron chi connectivity index (χ4n) is 2.47. The lowest BCUT2D eigenvalue weighted by Gasteiger charge is -2.37. The van der Waals surface area contributed by atoms with Gasteiger partial charge in [0.25, 0.3) is 0 Å². The molecule has 1 aliphatic rings. The molecule has 0 spiro atoms. The van der Waals surface area contributed by atoms with Crippen LogP contribution < -0.4 is 0 Å². The van der Waals surface area contributed by atoms with E-state index in [1.54, 1.807) is 0 Å². The second kappa shape index (κ2) is 5.41. The Labute approximate surface area is 106 Å². The van der Waals surface area contributed by atoms with E-state index in [1.165, 1.54) is 25.7 Å². The maximum Gasteiger partial charge on any atom is 0.312 e. The highest BCUT2D eigenvalue weighted by molar-refractivity contribution is 5.76. The smallest absolute Gasteiger partial charge is 0.312 e. The molecule has 0 N–H and O–H groups in total. The Morgan fingerprint density at radius 2 is 1.65 bits per heavy atom. The number of hydrogen-bond acceptors (Lipinski definition) is 2. The highest BCUT2D eigenvalue weighted by Crippen LogP contribution is 2.39. The quantitative estimate of drug-likeness (QED) is 0.669. The van der Waals surface area contributed by atoms with Gasteiger partial charge < -0.3 is 4.74 Å². The normalized spacial score (nSPS) is 21.2. The Hall–Kier alpha value is -0.530. The van der Waals surface area contributed by atoms with Crippen LogP contribution >= 0.6 is 0 Å². The molecule has 1 unspecified atom stereocenters. The van der Waals surface area contributed by atoms with Crippen molar-refractivity contribution in [3.63, 3.8) is 0 Å². The summed E-state index contributed by atoms with van der Waals surface area (Å²) in [5.41, 5.74) is -0.602. The summed E-state index contributed by atoms with van der Waals surface area (Å²) in [7, 11) is 0. The molecule has 0 saturated heterocycles. The van der Waals surface area contributed by atoms with E-state index < -0.39 is 0 Å². The summed E-state index contributed by atoms with van der Waals surface area (Å²) in [5.74, 6) is 0.528. The van der Waals surface area contributed by atoms with Gasteiger partial charge in [0.1, 0.15) is 5.60 Å². The molecule has 0 radical (unpaired) electrons. The summed E-state index contributed by atoms with van der Waals surface area (Å²) in [5, 5.41) is 0. The Morgan fingerprint density at radius 1 is 1.12 bits per heavy atom. The molecule has 17 heavy (non-hydrogen) atoms. The van der Waals surface area contributed by atoms with Crippen molar-refractivity contribution in [2.45, 2.75) is 78.7 Å². The average Bonchev–Trinajstić information content (AvgIpc) is 2.82. The van der Waals surface area contributed by atoms with Crippen LogP contribution in [0.1, 0.15) is 73.1 Å². The first-order valence-corrected chi connectivity index (χ1v) is 7.09. The molecule has 0 aromatic heterocycles. The predicted molar refractivity (Wildman–Crippen MR) is 70.8 cm³/mol. The summed E-state index contributed by atoms with van der Waals surface area (Å²) in [6.07, 6.45) is 6.75. The number of carbonyl (C=O) groups excluding carboxylic acids is 1. The summed E-state index contributed by atoms with van der Waals surface area (Å²) >= 11 is 0. The van der Waals surface area contributed by atoms with Crippen LogP contribution in [-0.2, 0) is 9.53 Å². The molecule has 2 nitrogen and oxygen atoms in total. The van der Waals surface area contributed by atoms with Crippen LogP contribution in [0.3, 0.4) is 0 Å². The van der Waals surface area contributed by atoms with Crippen LogP contribution in [0.25, 0.3) is 0 Å². The molecule has 1 aliphatic carbocycles. The molecule has 1 fully saturated rings. The molecular formula is C15H28O2. The molecule has 0 amide bonds. The highest BCUT2D eigenvalue weighted by atomic mass is 16.6. The maximum absolute atomic E-state index is 12.2. The van der Waals surface area contributed by atoms with E-state index >= 15 is 0 Å². The van der Waals surface area contributed by atoms with Crippen LogP contribution in [0.5, 0.6) is 0 Å². The van der Waals surface area contributed by atoms with Crippen LogP contribution in [0.2, 0.25) is 0 Å². The molecule has 0 aromatic rings. The van der Waals surface area contributed by atoms with Crippen molar-refractivity contribution >= 4 is 5.97 Å². The van der Waals surface area contributed by atoms with Crippen molar-refractivity contribution in [1.29, 1.82) is 0 Å². The van der Waals surface area contributed by atoms with Gasteiger partial charge >= 0.3 is 5.97 Å².